The van der Waals surface area contributed by atoms with Gasteiger partial charge < -0.3 is 18.6 Å². The number of aryl methyl sites for hydroxylation is 8. The second-order valence-corrected chi connectivity index (χ2v) is 17.4. The Morgan fingerprint density at radius 2 is 0.581 bits per heavy atom. The van der Waals surface area contributed by atoms with Crippen molar-refractivity contribution in [1.29, 1.82) is 0 Å². The van der Waals surface area contributed by atoms with Crippen LogP contribution < -0.4 is 9.80 Å². The highest BCUT2D eigenvalue weighted by molar-refractivity contribution is 6.28. The molecule has 62 heavy (non-hydrogen) atoms. The van der Waals surface area contributed by atoms with Crippen molar-refractivity contribution >= 4 is 99.5 Å². The van der Waals surface area contributed by atoms with Gasteiger partial charge in [0.15, 0.2) is 0 Å². The molecule has 0 saturated carbocycles. The smallest absolute Gasteiger partial charge is 0.138 e. The quantitative estimate of drug-likeness (QED) is 0.168. The molecule has 0 N–H and O–H groups in total. The van der Waals surface area contributed by atoms with Gasteiger partial charge in [-0.2, -0.15) is 0 Å². The molecular formula is C58H48N2O2. The van der Waals surface area contributed by atoms with Crippen LogP contribution in [0.2, 0.25) is 0 Å². The fraction of sp³-hybridized carbons (Fsp3) is 0.138. The summed E-state index contributed by atoms with van der Waals surface area (Å²) in [5.74, 6) is 0. The van der Waals surface area contributed by atoms with Crippen molar-refractivity contribution in [1.82, 2.24) is 0 Å². The van der Waals surface area contributed by atoms with Gasteiger partial charge in [0.2, 0.25) is 0 Å². The molecule has 11 rings (SSSR count). The second-order valence-electron chi connectivity index (χ2n) is 17.4. The van der Waals surface area contributed by atoms with Crippen LogP contribution in [0.15, 0.2) is 154 Å². The topological polar surface area (TPSA) is 32.8 Å². The van der Waals surface area contributed by atoms with Crippen molar-refractivity contribution in [2.24, 2.45) is 0 Å². The Morgan fingerprint density at radius 1 is 0.274 bits per heavy atom. The summed E-state index contributed by atoms with van der Waals surface area (Å²) >= 11 is 0. The lowest BCUT2D eigenvalue weighted by Gasteiger charge is -2.28. The molecule has 0 amide bonds. The van der Waals surface area contributed by atoms with Gasteiger partial charge in [0.1, 0.15) is 22.3 Å². The fourth-order valence-electron chi connectivity index (χ4n) is 9.42. The van der Waals surface area contributed by atoms with Gasteiger partial charge in [-0.15, -0.1) is 0 Å². The molecular weight excluding hydrogens is 757 g/mol. The van der Waals surface area contributed by atoms with Gasteiger partial charge in [0, 0.05) is 67.2 Å². The van der Waals surface area contributed by atoms with Crippen molar-refractivity contribution in [3.8, 4) is 0 Å². The van der Waals surface area contributed by atoms with E-state index in [0.29, 0.717) is 0 Å². The van der Waals surface area contributed by atoms with E-state index in [1.165, 1.54) is 44.5 Å². The summed E-state index contributed by atoms with van der Waals surface area (Å²) in [6.07, 6.45) is 0. The van der Waals surface area contributed by atoms with Crippen LogP contribution in [-0.2, 0) is 0 Å². The van der Waals surface area contributed by atoms with Crippen LogP contribution in [-0.4, -0.2) is 0 Å². The summed E-state index contributed by atoms with van der Waals surface area (Å²) in [4.78, 5) is 4.77. The molecule has 0 spiro atoms. The van der Waals surface area contributed by atoms with E-state index in [4.69, 9.17) is 8.83 Å². The minimum atomic E-state index is 0.835. The van der Waals surface area contributed by atoms with Gasteiger partial charge >= 0.3 is 0 Å². The molecule has 0 aliphatic rings. The highest BCUT2D eigenvalue weighted by atomic mass is 16.3. The largest absolute Gasteiger partial charge is 0.456 e. The molecule has 0 bridgehead atoms. The molecule has 11 aromatic rings. The average molecular weight is 805 g/mol. The first-order valence-electron chi connectivity index (χ1n) is 21.6. The molecule has 302 valence electrons. The molecule has 0 fully saturated rings. The van der Waals surface area contributed by atoms with E-state index >= 15 is 0 Å². The lowest BCUT2D eigenvalue weighted by Crippen LogP contribution is -2.11. The maximum Gasteiger partial charge on any atom is 0.138 e. The average Bonchev–Trinajstić information content (AvgIpc) is 3.82. The van der Waals surface area contributed by atoms with Gasteiger partial charge in [0.05, 0.1) is 11.4 Å². The molecule has 0 atom stereocenters. The van der Waals surface area contributed by atoms with Gasteiger partial charge in [-0.3, -0.25) is 0 Å². The van der Waals surface area contributed by atoms with Gasteiger partial charge in [-0.25, -0.2) is 0 Å². The zero-order chi connectivity index (χ0) is 42.6. The monoisotopic (exact) mass is 804 g/mol. The van der Waals surface area contributed by atoms with Crippen LogP contribution in [0.1, 0.15) is 44.5 Å². The van der Waals surface area contributed by atoms with E-state index in [2.05, 4.69) is 211 Å². The standard InChI is InChI=1S/C58H48N2O2/c1-33-17-21-41(25-37(33)5)59(42-22-18-34(2)38(6)26-42)51-31-55-57(47-15-11-9-13-45(47)51)49-29-54-50(30-53(49)61-55)58-48-16-12-10-14-46(48)52(32-56(58)62-54)60(43-23-19-35(3)39(7)27-43)44-24-20-36(4)40(8)28-44/h9-32H,1-8H3. The number of fused-ring (bicyclic) bond motifs is 10. The Balaban J connectivity index is 1.15. The van der Waals surface area contributed by atoms with Gasteiger partial charge in [-0.1, -0.05) is 72.8 Å². The second kappa shape index (κ2) is 14.1. The molecule has 0 saturated heterocycles. The summed E-state index contributed by atoms with van der Waals surface area (Å²) in [5.41, 5.74) is 20.0. The summed E-state index contributed by atoms with van der Waals surface area (Å²) in [7, 11) is 0. The van der Waals surface area contributed by atoms with E-state index in [-0.39, 0.29) is 0 Å². The maximum atomic E-state index is 6.99. The zero-order valence-corrected chi connectivity index (χ0v) is 36.6. The third-order valence-electron chi connectivity index (χ3n) is 13.5. The molecule has 0 unspecified atom stereocenters. The van der Waals surface area contributed by atoms with Crippen molar-refractivity contribution in [3.63, 3.8) is 0 Å². The number of furan rings is 2. The Labute approximate surface area is 362 Å². The van der Waals surface area contributed by atoms with Gasteiger partial charge in [-0.05, 0) is 171 Å². The highest BCUT2D eigenvalue weighted by Crippen LogP contribution is 2.49. The van der Waals surface area contributed by atoms with Crippen molar-refractivity contribution in [2.75, 3.05) is 9.80 Å². The molecule has 9 aromatic carbocycles. The van der Waals surface area contributed by atoms with Crippen molar-refractivity contribution in [3.05, 3.63) is 190 Å². The molecule has 0 aliphatic heterocycles. The van der Waals surface area contributed by atoms with E-state index < -0.39 is 0 Å². The number of rotatable bonds is 6. The third kappa shape index (κ3) is 5.89. The van der Waals surface area contributed by atoms with E-state index in [0.717, 1.165) is 99.5 Å². The summed E-state index contributed by atoms with van der Waals surface area (Å²) in [5, 5.41) is 8.82. The van der Waals surface area contributed by atoms with Gasteiger partial charge in [0.25, 0.3) is 0 Å². The Kier molecular flexibility index (Phi) is 8.59. The van der Waals surface area contributed by atoms with Crippen LogP contribution in [0.5, 0.6) is 0 Å². The molecule has 4 heteroatoms. The van der Waals surface area contributed by atoms with E-state index in [9.17, 15) is 0 Å². The number of benzene rings is 9. The molecule has 0 radical (unpaired) electrons. The van der Waals surface area contributed by atoms with E-state index in [1.807, 2.05) is 0 Å². The van der Waals surface area contributed by atoms with Crippen LogP contribution in [0, 0.1) is 55.4 Å². The van der Waals surface area contributed by atoms with Crippen molar-refractivity contribution in [2.45, 2.75) is 55.4 Å². The summed E-state index contributed by atoms with van der Waals surface area (Å²) in [6.45, 7) is 17.4. The lowest BCUT2D eigenvalue weighted by atomic mass is 9.98. The van der Waals surface area contributed by atoms with Crippen LogP contribution >= 0.6 is 0 Å². The first-order valence-corrected chi connectivity index (χ1v) is 21.6. The summed E-state index contributed by atoms with van der Waals surface area (Å²) < 4.78 is 14.0. The predicted octanol–water partition coefficient (Wildman–Crippen LogP) is 17.2. The third-order valence-corrected chi connectivity index (χ3v) is 13.5. The fourth-order valence-corrected chi connectivity index (χ4v) is 9.42. The van der Waals surface area contributed by atoms with Crippen LogP contribution in [0.25, 0.3) is 65.4 Å². The van der Waals surface area contributed by atoms with Crippen LogP contribution in [0.3, 0.4) is 0 Å². The Morgan fingerprint density at radius 3 is 0.887 bits per heavy atom. The van der Waals surface area contributed by atoms with Crippen LogP contribution in [0.4, 0.5) is 34.1 Å². The zero-order valence-electron chi connectivity index (χ0n) is 36.6. The Hall–Kier alpha value is -7.30. The molecule has 2 aromatic heterocycles. The molecule has 2 heterocycles. The summed E-state index contributed by atoms with van der Waals surface area (Å²) in [6, 6.07) is 53.3. The number of hydrogen-bond acceptors (Lipinski definition) is 4. The molecule has 4 nitrogen and oxygen atoms in total. The van der Waals surface area contributed by atoms with Crippen molar-refractivity contribution < 1.29 is 8.83 Å². The number of hydrogen-bond donors (Lipinski definition) is 0. The lowest BCUT2D eigenvalue weighted by molar-refractivity contribution is 0.664. The SMILES string of the molecule is Cc1ccc(N(c2ccc(C)c(C)c2)c2cc3oc4cc5c(cc4c3c3ccccc23)oc2cc(N(c3ccc(C)c(C)c3)c3ccc(C)c(C)c3)c3ccccc3c25)cc1C. The minimum absolute atomic E-state index is 0.835. The number of nitrogens with zero attached hydrogens (tertiary/aromatic N) is 2. The predicted molar refractivity (Wildman–Crippen MR) is 263 cm³/mol. The Bertz CT molecular complexity index is 3300. The first kappa shape index (κ1) is 37.7. The number of anilines is 6. The first-order chi connectivity index (χ1) is 30.0. The highest BCUT2D eigenvalue weighted by Gasteiger charge is 2.24. The maximum absolute atomic E-state index is 6.99. The minimum Gasteiger partial charge on any atom is -0.456 e. The van der Waals surface area contributed by atoms with E-state index in [1.54, 1.807) is 0 Å². The molecule has 0 aliphatic carbocycles. The normalized spacial score (nSPS) is 11.9.